The summed E-state index contributed by atoms with van der Waals surface area (Å²) in [6, 6.07) is 61.0. The molecule has 8 aromatic carbocycles. The minimum absolute atomic E-state index is 0.630. The Balaban J connectivity index is 1.17. The van der Waals surface area contributed by atoms with Crippen molar-refractivity contribution in [2.45, 2.75) is 0 Å². The third-order valence-electron chi connectivity index (χ3n) is 9.75. The lowest BCUT2D eigenvalue weighted by atomic mass is 9.93. The molecule has 0 bridgehead atoms. The van der Waals surface area contributed by atoms with Crippen molar-refractivity contribution in [3.63, 3.8) is 0 Å². The average molecular weight is 652 g/mol. The lowest BCUT2D eigenvalue weighted by Crippen LogP contribution is -2.00. The lowest BCUT2D eigenvalue weighted by Gasteiger charge is -2.13. The quantitative estimate of drug-likeness (QED) is 0.186. The first kappa shape index (κ1) is 29.0. The van der Waals surface area contributed by atoms with Crippen molar-refractivity contribution >= 4 is 43.5 Å². The van der Waals surface area contributed by atoms with E-state index in [1.807, 2.05) is 24.3 Å². The molecule has 0 amide bonds. The van der Waals surface area contributed by atoms with Gasteiger partial charge in [-0.25, -0.2) is 15.0 Å². The van der Waals surface area contributed by atoms with E-state index in [4.69, 9.17) is 19.4 Å². The molecule has 0 saturated carbocycles. The standard InChI is InChI=1S/C47H29N3O/c1-2-11-30(12-3-1)32-23-26-33(27-24-32)45-48-46(35-28-25-31-13-4-5-14-34(31)29-35)50-47(49-45)40-20-9-16-36-37(17-8-18-38(36)40)39-19-10-22-43-44(39)41-15-6-7-21-42(41)51-43/h1-29H. The van der Waals surface area contributed by atoms with Crippen LogP contribution in [0.15, 0.2) is 180 Å². The number of furan rings is 1. The van der Waals surface area contributed by atoms with E-state index >= 15 is 0 Å². The molecule has 0 aliphatic carbocycles. The van der Waals surface area contributed by atoms with Gasteiger partial charge >= 0.3 is 0 Å². The summed E-state index contributed by atoms with van der Waals surface area (Å²) in [5, 5.41) is 6.73. The van der Waals surface area contributed by atoms with Crippen LogP contribution in [0.1, 0.15) is 0 Å². The topological polar surface area (TPSA) is 51.8 Å². The van der Waals surface area contributed by atoms with Gasteiger partial charge in [-0.3, -0.25) is 0 Å². The fourth-order valence-corrected chi connectivity index (χ4v) is 7.26. The second kappa shape index (κ2) is 11.9. The molecule has 0 aliphatic rings. The van der Waals surface area contributed by atoms with E-state index < -0.39 is 0 Å². The first-order valence-electron chi connectivity index (χ1n) is 17.1. The van der Waals surface area contributed by atoms with Gasteiger partial charge in [0.1, 0.15) is 11.2 Å². The van der Waals surface area contributed by atoms with Gasteiger partial charge in [0, 0.05) is 27.5 Å². The Labute approximate surface area is 294 Å². The molecular weight excluding hydrogens is 623 g/mol. The van der Waals surface area contributed by atoms with E-state index in [2.05, 4.69) is 152 Å². The predicted octanol–water partition coefficient (Wildman–Crippen LogP) is 12.4. The zero-order valence-corrected chi connectivity index (χ0v) is 27.5. The minimum Gasteiger partial charge on any atom is -0.456 e. The normalized spacial score (nSPS) is 11.5. The van der Waals surface area contributed by atoms with Gasteiger partial charge in [0.15, 0.2) is 17.5 Å². The summed E-state index contributed by atoms with van der Waals surface area (Å²) in [7, 11) is 0. The SMILES string of the molecule is c1ccc(-c2ccc(-c3nc(-c4ccc5ccccc5c4)nc(-c4cccc5c(-c6cccc7oc8ccccc8c67)cccc45)n3)cc2)cc1. The monoisotopic (exact) mass is 651 g/mol. The van der Waals surface area contributed by atoms with Crippen LogP contribution in [0.2, 0.25) is 0 Å². The van der Waals surface area contributed by atoms with E-state index in [1.165, 1.54) is 10.9 Å². The van der Waals surface area contributed by atoms with Gasteiger partial charge in [0.25, 0.3) is 0 Å². The zero-order chi connectivity index (χ0) is 33.7. The number of hydrogen-bond donors (Lipinski definition) is 0. The number of rotatable bonds is 5. The van der Waals surface area contributed by atoms with Gasteiger partial charge in [-0.15, -0.1) is 0 Å². The van der Waals surface area contributed by atoms with Crippen LogP contribution in [0.25, 0.3) is 99.9 Å². The minimum atomic E-state index is 0.630. The highest BCUT2D eigenvalue weighted by atomic mass is 16.3. The highest BCUT2D eigenvalue weighted by Crippen LogP contribution is 2.41. The number of fused-ring (bicyclic) bond motifs is 5. The van der Waals surface area contributed by atoms with E-state index in [-0.39, 0.29) is 0 Å². The summed E-state index contributed by atoms with van der Waals surface area (Å²) in [6.07, 6.45) is 0. The maximum Gasteiger partial charge on any atom is 0.164 e. The third-order valence-corrected chi connectivity index (χ3v) is 9.75. The Bertz CT molecular complexity index is 2910. The molecule has 0 spiro atoms. The summed E-state index contributed by atoms with van der Waals surface area (Å²) < 4.78 is 6.26. The third kappa shape index (κ3) is 5.04. The lowest BCUT2D eigenvalue weighted by molar-refractivity contribution is 0.669. The molecule has 10 aromatic rings. The van der Waals surface area contributed by atoms with Crippen molar-refractivity contribution in [3.8, 4) is 56.4 Å². The Morgan fingerprint density at radius 2 is 0.863 bits per heavy atom. The molecule has 0 aliphatic heterocycles. The van der Waals surface area contributed by atoms with Gasteiger partial charge in [-0.2, -0.15) is 0 Å². The molecule has 2 aromatic heterocycles. The molecule has 0 atom stereocenters. The summed E-state index contributed by atoms with van der Waals surface area (Å²) in [5.74, 6) is 1.89. The second-order valence-electron chi connectivity index (χ2n) is 12.8. The summed E-state index contributed by atoms with van der Waals surface area (Å²) in [6.45, 7) is 0. The van der Waals surface area contributed by atoms with Gasteiger partial charge in [0.05, 0.1) is 0 Å². The fraction of sp³-hybridized carbons (Fsp3) is 0. The predicted molar refractivity (Wildman–Crippen MR) is 209 cm³/mol. The molecule has 4 heteroatoms. The molecule has 10 rings (SSSR count). The van der Waals surface area contributed by atoms with Crippen LogP contribution in [0.3, 0.4) is 0 Å². The number of para-hydroxylation sites is 1. The molecule has 238 valence electrons. The number of hydrogen-bond acceptors (Lipinski definition) is 4. The van der Waals surface area contributed by atoms with Crippen LogP contribution in [-0.4, -0.2) is 15.0 Å². The molecule has 2 heterocycles. The van der Waals surface area contributed by atoms with Crippen LogP contribution in [0.4, 0.5) is 0 Å². The van der Waals surface area contributed by atoms with Gasteiger partial charge < -0.3 is 4.42 Å². The average Bonchev–Trinajstić information content (AvgIpc) is 3.60. The highest BCUT2D eigenvalue weighted by Gasteiger charge is 2.18. The van der Waals surface area contributed by atoms with Crippen LogP contribution in [0.5, 0.6) is 0 Å². The number of benzene rings is 8. The van der Waals surface area contributed by atoms with Crippen LogP contribution < -0.4 is 0 Å². The van der Waals surface area contributed by atoms with Crippen LogP contribution >= 0.6 is 0 Å². The van der Waals surface area contributed by atoms with E-state index in [0.29, 0.717) is 17.5 Å². The number of nitrogens with zero attached hydrogens (tertiary/aromatic N) is 3. The van der Waals surface area contributed by atoms with E-state index in [1.54, 1.807) is 0 Å². The first-order valence-corrected chi connectivity index (χ1v) is 17.1. The summed E-state index contributed by atoms with van der Waals surface area (Å²) in [5.41, 5.74) is 9.16. The van der Waals surface area contributed by atoms with Crippen molar-refractivity contribution in [2.75, 3.05) is 0 Å². The van der Waals surface area contributed by atoms with Crippen molar-refractivity contribution < 1.29 is 4.42 Å². The molecular formula is C47H29N3O. The van der Waals surface area contributed by atoms with Gasteiger partial charge in [-0.1, -0.05) is 158 Å². The van der Waals surface area contributed by atoms with Crippen molar-refractivity contribution in [3.05, 3.63) is 176 Å². The van der Waals surface area contributed by atoms with Crippen molar-refractivity contribution in [1.29, 1.82) is 0 Å². The van der Waals surface area contributed by atoms with Gasteiger partial charge in [0.2, 0.25) is 0 Å². The zero-order valence-electron chi connectivity index (χ0n) is 27.5. The molecule has 4 nitrogen and oxygen atoms in total. The maximum atomic E-state index is 6.26. The highest BCUT2D eigenvalue weighted by molar-refractivity contribution is 6.16. The summed E-state index contributed by atoms with van der Waals surface area (Å²) >= 11 is 0. The molecule has 0 unspecified atom stereocenters. The second-order valence-corrected chi connectivity index (χ2v) is 12.8. The molecule has 0 radical (unpaired) electrons. The number of aromatic nitrogens is 3. The Kier molecular flexibility index (Phi) is 6.78. The maximum absolute atomic E-state index is 6.26. The molecule has 0 N–H and O–H groups in total. The fourth-order valence-electron chi connectivity index (χ4n) is 7.26. The molecule has 0 fully saturated rings. The van der Waals surface area contributed by atoms with E-state index in [9.17, 15) is 0 Å². The largest absolute Gasteiger partial charge is 0.456 e. The van der Waals surface area contributed by atoms with Crippen LogP contribution in [0, 0.1) is 0 Å². The Morgan fingerprint density at radius 3 is 1.71 bits per heavy atom. The smallest absolute Gasteiger partial charge is 0.164 e. The van der Waals surface area contributed by atoms with E-state index in [0.717, 1.165) is 71.5 Å². The van der Waals surface area contributed by atoms with Crippen molar-refractivity contribution in [1.82, 2.24) is 15.0 Å². The Hall–Kier alpha value is -6.91. The molecule has 0 saturated heterocycles. The Morgan fingerprint density at radius 1 is 0.314 bits per heavy atom. The van der Waals surface area contributed by atoms with Crippen LogP contribution in [-0.2, 0) is 0 Å². The molecule has 51 heavy (non-hydrogen) atoms. The van der Waals surface area contributed by atoms with Crippen molar-refractivity contribution in [2.24, 2.45) is 0 Å². The van der Waals surface area contributed by atoms with Gasteiger partial charge in [-0.05, 0) is 62.0 Å². The first-order chi connectivity index (χ1) is 25.3. The summed E-state index contributed by atoms with van der Waals surface area (Å²) in [4.78, 5) is 15.4.